The number of aryl methyl sites for hydroxylation is 1. The molecule has 0 spiro atoms. The van der Waals surface area contributed by atoms with Crippen LogP contribution in [0.2, 0.25) is 10.2 Å². The molecule has 4 aromatic rings. The highest BCUT2D eigenvalue weighted by atomic mass is 35.5. The maximum absolute atomic E-state index is 6.34. The van der Waals surface area contributed by atoms with Crippen molar-refractivity contribution in [1.29, 1.82) is 0 Å². The molecule has 0 saturated heterocycles. The molecule has 4 rings (SSSR count). The molecule has 0 aromatic carbocycles. The Morgan fingerprint density at radius 3 is 3.00 bits per heavy atom. The maximum Gasteiger partial charge on any atom is 0.184 e. The normalized spacial score (nSPS) is 11.3. The van der Waals surface area contributed by atoms with Gasteiger partial charge in [0.1, 0.15) is 10.8 Å². The molecule has 4 aromatic heterocycles. The average Bonchev–Trinajstić information content (AvgIpc) is 3.33. The Kier molecular flexibility index (Phi) is 4.84. The fourth-order valence-electron chi connectivity index (χ4n) is 2.72. The van der Waals surface area contributed by atoms with E-state index in [9.17, 15) is 0 Å². The Morgan fingerprint density at radius 2 is 2.19 bits per heavy atom. The van der Waals surface area contributed by atoms with E-state index in [1.165, 1.54) is 0 Å². The van der Waals surface area contributed by atoms with Gasteiger partial charge in [0.15, 0.2) is 5.13 Å². The van der Waals surface area contributed by atoms with Crippen LogP contribution < -0.4 is 5.32 Å². The Labute approximate surface area is 164 Å². The zero-order valence-corrected chi connectivity index (χ0v) is 16.3. The van der Waals surface area contributed by atoms with Crippen molar-refractivity contribution in [1.82, 2.24) is 24.7 Å². The Hall–Kier alpha value is -2.09. The highest BCUT2D eigenvalue weighted by Crippen LogP contribution is 2.31. The van der Waals surface area contributed by atoms with E-state index in [1.807, 2.05) is 29.3 Å². The summed E-state index contributed by atoms with van der Waals surface area (Å²) in [5.41, 5.74) is 3.02. The molecule has 0 aliphatic carbocycles. The van der Waals surface area contributed by atoms with E-state index in [-0.39, 0.29) is 0 Å². The number of H-pyrrole nitrogens is 1. The summed E-state index contributed by atoms with van der Waals surface area (Å²) < 4.78 is 1.90. The monoisotopic (exact) mass is 406 g/mol. The van der Waals surface area contributed by atoms with Crippen LogP contribution in [0.3, 0.4) is 0 Å². The van der Waals surface area contributed by atoms with Gasteiger partial charge in [-0.1, -0.05) is 23.2 Å². The van der Waals surface area contributed by atoms with E-state index in [0.29, 0.717) is 23.1 Å². The number of aromatic nitrogens is 5. The van der Waals surface area contributed by atoms with Crippen LogP contribution in [0.5, 0.6) is 0 Å². The van der Waals surface area contributed by atoms with Gasteiger partial charge < -0.3 is 10.3 Å². The van der Waals surface area contributed by atoms with Crippen molar-refractivity contribution in [3.05, 3.63) is 57.0 Å². The predicted molar refractivity (Wildman–Crippen MR) is 106 cm³/mol. The van der Waals surface area contributed by atoms with E-state index in [4.69, 9.17) is 23.2 Å². The van der Waals surface area contributed by atoms with Crippen molar-refractivity contribution in [2.75, 3.05) is 5.32 Å². The van der Waals surface area contributed by atoms with Gasteiger partial charge in [0.2, 0.25) is 0 Å². The summed E-state index contributed by atoms with van der Waals surface area (Å²) in [4.78, 5) is 12.9. The molecule has 0 fully saturated rings. The minimum Gasteiger partial charge on any atom is -0.357 e. The third-order valence-electron chi connectivity index (χ3n) is 4.04. The Morgan fingerprint density at radius 1 is 1.31 bits per heavy atom. The molecule has 26 heavy (non-hydrogen) atoms. The summed E-state index contributed by atoms with van der Waals surface area (Å²) in [7, 11) is 0. The van der Waals surface area contributed by atoms with Crippen molar-refractivity contribution in [2.24, 2.45) is 0 Å². The van der Waals surface area contributed by atoms with Gasteiger partial charge in [0.05, 0.1) is 16.1 Å². The smallest absolute Gasteiger partial charge is 0.184 e. The summed E-state index contributed by atoms with van der Waals surface area (Å²) in [5, 5.41) is 10.5. The van der Waals surface area contributed by atoms with Gasteiger partial charge in [-0.25, -0.2) is 9.97 Å². The van der Waals surface area contributed by atoms with Gasteiger partial charge in [-0.15, -0.1) is 11.3 Å². The van der Waals surface area contributed by atoms with Crippen molar-refractivity contribution in [3.8, 4) is 0 Å². The third kappa shape index (κ3) is 3.56. The van der Waals surface area contributed by atoms with Crippen molar-refractivity contribution in [3.63, 3.8) is 0 Å². The lowest BCUT2D eigenvalue weighted by Gasteiger charge is -1.99. The zero-order valence-electron chi connectivity index (χ0n) is 14.0. The summed E-state index contributed by atoms with van der Waals surface area (Å²) in [6.07, 6.45) is 8.12. The number of nitrogens with one attached hydrogen (secondary N) is 2. The standard InChI is InChI=1S/C17H16Cl2N6S/c1-2-25-9-10(6-23-25)5-22-17-24-15(19)14(26-17)3-11-7-20-16-13(11)4-12(18)8-21-16/h4,6-9H,2-3,5H2,1H3,(H,20,21)(H,22,24). The van der Waals surface area contributed by atoms with E-state index in [0.717, 1.165) is 38.7 Å². The summed E-state index contributed by atoms with van der Waals surface area (Å²) in [5.74, 6) is 0. The number of fused-ring (bicyclic) bond motifs is 1. The predicted octanol–water partition coefficient (Wildman–Crippen LogP) is 4.75. The molecule has 0 saturated carbocycles. The molecular formula is C17H16Cl2N6S. The molecule has 0 aliphatic heterocycles. The highest BCUT2D eigenvalue weighted by molar-refractivity contribution is 7.16. The average molecular weight is 407 g/mol. The first-order valence-electron chi connectivity index (χ1n) is 8.14. The Balaban J connectivity index is 1.49. The number of halogens is 2. The van der Waals surface area contributed by atoms with Crippen LogP contribution in [0.25, 0.3) is 11.0 Å². The second-order valence-corrected chi connectivity index (χ2v) is 7.71. The molecule has 6 nitrogen and oxygen atoms in total. The van der Waals surface area contributed by atoms with Gasteiger partial charge >= 0.3 is 0 Å². The van der Waals surface area contributed by atoms with Gasteiger partial charge in [0.25, 0.3) is 0 Å². The molecule has 0 amide bonds. The fraction of sp³-hybridized carbons (Fsp3) is 0.235. The van der Waals surface area contributed by atoms with Gasteiger partial charge in [0, 0.05) is 49.1 Å². The molecule has 2 N–H and O–H groups in total. The molecule has 4 heterocycles. The van der Waals surface area contributed by atoms with Gasteiger partial charge in [-0.3, -0.25) is 4.68 Å². The Bertz CT molecular complexity index is 1050. The number of rotatable bonds is 6. The number of nitrogens with zero attached hydrogens (tertiary/aromatic N) is 4. The number of hydrogen-bond acceptors (Lipinski definition) is 5. The molecular weight excluding hydrogens is 391 g/mol. The molecule has 0 unspecified atom stereocenters. The highest BCUT2D eigenvalue weighted by Gasteiger charge is 2.13. The van der Waals surface area contributed by atoms with E-state index < -0.39 is 0 Å². The summed E-state index contributed by atoms with van der Waals surface area (Å²) in [6, 6.07) is 1.91. The maximum atomic E-state index is 6.34. The summed E-state index contributed by atoms with van der Waals surface area (Å²) in [6.45, 7) is 3.58. The van der Waals surface area contributed by atoms with Crippen LogP contribution in [-0.4, -0.2) is 24.7 Å². The van der Waals surface area contributed by atoms with Crippen LogP contribution >= 0.6 is 34.5 Å². The van der Waals surface area contributed by atoms with Crippen LogP contribution in [0.4, 0.5) is 5.13 Å². The van der Waals surface area contributed by atoms with Crippen LogP contribution in [0.1, 0.15) is 22.9 Å². The van der Waals surface area contributed by atoms with Crippen molar-refractivity contribution in [2.45, 2.75) is 26.4 Å². The fourth-order valence-corrected chi connectivity index (χ4v) is 4.06. The number of hydrogen-bond donors (Lipinski definition) is 2. The number of aromatic amines is 1. The lowest BCUT2D eigenvalue weighted by Crippen LogP contribution is -1.98. The van der Waals surface area contributed by atoms with Crippen molar-refractivity contribution >= 4 is 50.7 Å². The largest absolute Gasteiger partial charge is 0.357 e. The first kappa shape index (κ1) is 17.3. The van der Waals surface area contributed by atoms with Gasteiger partial charge in [-0.05, 0) is 18.6 Å². The molecule has 9 heteroatoms. The van der Waals surface area contributed by atoms with Gasteiger partial charge in [-0.2, -0.15) is 5.10 Å². The molecule has 0 aliphatic rings. The third-order valence-corrected chi connectivity index (χ3v) is 5.68. The summed E-state index contributed by atoms with van der Waals surface area (Å²) >= 11 is 14.0. The second-order valence-electron chi connectivity index (χ2n) is 5.83. The minimum absolute atomic E-state index is 0.520. The van der Waals surface area contributed by atoms with Crippen LogP contribution in [-0.2, 0) is 19.5 Å². The zero-order chi connectivity index (χ0) is 18.1. The quantitative estimate of drug-likeness (QED) is 0.484. The van der Waals surface area contributed by atoms with Crippen LogP contribution in [0.15, 0.2) is 30.9 Å². The molecule has 134 valence electrons. The number of anilines is 1. The van der Waals surface area contributed by atoms with Crippen molar-refractivity contribution < 1.29 is 0 Å². The van der Waals surface area contributed by atoms with E-state index >= 15 is 0 Å². The molecule has 0 atom stereocenters. The minimum atomic E-state index is 0.520. The number of pyridine rings is 1. The van der Waals surface area contributed by atoms with E-state index in [2.05, 4.69) is 32.3 Å². The molecule has 0 bridgehead atoms. The lowest BCUT2D eigenvalue weighted by molar-refractivity contribution is 0.659. The number of thiazole rings is 1. The lowest BCUT2D eigenvalue weighted by atomic mass is 10.1. The van der Waals surface area contributed by atoms with E-state index in [1.54, 1.807) is 17.5 Å². The first-order valence-corrected chi connectivity index (χ1v) is 9.71. The topological polar surface area (TPSA) is 71.4 Å². The van der Waals surface area contributed by atoms with Crippen LogP contribution in [0, 0.1) is 0 Å². The second kappa shape index (κ2) is 7.26. The first-order chi connectivity index (χ1) is 12.6. The molecule has 0 radical (unpaired) electrons. The SMILES string of the molecule is CCn1cc(CNc2nc(Cl)c(Cc3c[nH]c4ncc(Cl)cc34)s2)cn1.